The number of carbonyl (C=O) groups excluding carboxylic acids is 3. The quantitative estimate of drug-likeness (QED) is 0.357. The maximum Gasteiger partial charge on any atom is 0.413 e. The number of nitrogens with one attached hydrogen (secondary N) is 3. The lowest BCUT2D eigenvalue weighted by Crippen LogP contribution is -2.17. The Labute approximate surface area is 191 Å². The molecule has 0 spiro atoms. The summed E-state index contributed by atoms with van der Waals surface area (Å²) in [4.78, 5) is 44.5. The summed E-state index contributed by atoms with van der Waals surface area (Å²) in [5, 5.41) is 4.73. The van der Waals surface area contributed by atoms with Crippen LogP contribution in [-0.2, 0) is 4.74 Å². The van der Waals surface area contributed by atoms with Crippen molar-refractivity contribution >= 4 is 52.1 Å². The molecule has 0 unspecified atom stereocenters. The number of ketones is 1. The predicted octanol–water partition coefficient (Wildman–Crippen LogP) is 5.02. The number of aromatic amines is 1. The zero-order valence-electron chi connectivity index (χ0n) is 17.1. The fourth-order valence-corrected chi connectivity index (χ4v) is 3.36. The highest BCUT2D eigenvalue weighted by molar-refractivity contribution is 6.31. The fraction of sp³-hybridized carbons (Fsp3) is 0.0435. The van der Waals surface area contributed by atoms with Crippen molar-refractivity contribution in [3.05, 3.63) is 88.2 Å². The second kappa shape index (κ2) is 9.09. The van der Waals surface area contributed by atoms with Crippen LogP contribution in [0.2, 0.25) is 5.02 Å². The first-order valence-corrected chi connectivity index (χ1v) is 9.99. The Hall–Kier alpha value is -4.24. The molecule has 0 saturated heterocycles. The zero-order chi connectivity index (χ0) is 23.5. The van der Waals surface area contributed by atoms with Gasteiger partial charge in [-0.1, -0.05) is 35.9 Å². The highest BCUT2D eigenvalue weighted by atomic mass is 35.5. The van der Waals surface area contributed by atoms with Crippen LogP contribution in [0.4, 0.5) is 20.8 Å². The van der Waals surface area contributed by atoms with Gasteiger partial charge in [0.2, 0.25) is 5.95 Å². The van der Waals surface area contributed by atoms with Crippen LogP contribution in [0.5, 0.6) is 0 Å². The number of nitrogens with zero attached hydrogens (tertiary/aromatic N) is 1. The summed E-state index contributed by atoms with van der Waals surface area (Å²) >= 11 is 5.77. The lowest BCUT2D eigenvalue weighted by Gasteiger charge is -2.11. The van der Waals surface area contributed by atoms with Crippen LogP contribution >= 0.6 is 11.6 Å². The Bertz CT molecular complexity index is 1400. The van der Waals surface area contributed by atoms with Gasteiger partial charge in [0, 0.05) is 11.1 Å². The van der Waals surface area contributed by atoms with Crippen LogP contribution in [0.25, 0.3) is 11.0 Å². The fourth-order valence-electron chi connectivity index (χ4n) is 3.18. The zero-order valence-corrected chi connectivity index (χ0v) is 17.9. The molecule has 166 valence electrons. The molecule has 0 radical (unpaired) electrons. The minimum atomic E-state index is -0.766. The van der Waals surface area contributed by atoms with E-state index in [1.807, 2.05) is 0 Å². The highest BCUT2D eigenvalue weighted by Crippen LogP contribution is 2.24. The second-order valence-corrected chi connectivity index (χ2v) is 7.27. The SMILES string of the molecule is COC(=O)Nc1nc2ccc(C(=O)c3ccccc3C(=O)Nc3cccc(Cl)c3F)cc2[nH]1. The van der Waals surface area contributed by atoms with Crippen LogP contribution < -0.4 is 10.6 Å². The number of imidazole rings is 1. The minimum absolute atomic E-state index is 0.0691. The average molecular weight is 467 g/mol. The topological polar surface area (TPSA) is 113 Å². The number of carbonyl (C=O) groups is 3. The Kier molecular flexibility index (Phi) is 6.05. The van der Waals surface area contributed by atoms with Gasteiger partial charge in [-0.3, -0.25) is 14.9 Å². The van der Waals surface area contributed by atoms with Crippen molar-refractivity contribution in [2.75, 3.05) is 17.7 Å². The third-order valence-electron chi connectivity index (χ3n) is 4.77. The van der Waals surface area contributed by atoms with Gasteiger partial charge in [-0.25, -0.2) is 14.2 Å². The Morgan fingerprint density at radius 1 is 1.00 bits per heavy atom. The average Bonchev–Trinajstić information content (AvgIpc) is 3.22. The maximum absolute atomic E-state index is 14.2. The molecule has 4 rings (SSSR count). The van der Waals surface area contributed by atoms with Gasteiger partial charge in [0.15, 0.2) is 11.6 Å². The number of ether oxygens (including phenoxy) is 1. The molecule has 4 aromatic rings. The van der Waals surface area contributed by atoms with E-state index >= 15 is 0 Å². The Morgan fingerprint density at radius 3 is 2.52 bits per heavy atom. The standard InChI is InChI=1S/C23H16ClFN4O4/c1-33-23(32)29-22-27-16-10-9-12(11-18(16)28-22)20(30)13-5-2-3-6-14(13)21(31)26-17-8-4-7-15(24)19(17)25/h2-11H,1H3,(H,26,31)(H2,27,28,29,32). The van der Waals surface area contributed by atoms with Crippen molar-refractivity contribution in [3.63, 3.8) is 0 Å². The maximum atomic E-state index is 14.2. The van der Waals surface area contributed by atoms with Crippen molar-refractivity contribution < 1.29 is 23.5 Å². The van der Waals surface area contributed by atoms with Crippen molar-refractivity contribution in [2.24, 2.45) is 0 Å². The number of benzene rings is 3. The summed E-state index contributed by atoms with van der Waals surface area (Å²) in [7, 11) is 1.23. The summed E-state index contributed by atoms with van der Waals surface area (Å²) in [5.74, 6) is -1.69. The van der Waals surface area contributed by atoms with Crippen molar-refractivity contribution in [2.45, 2.75) is 0 Å². The van der Waals surface area contributed by atoms with E-state index in [4.69, 9.17) is 11.6 Å². The number of aromatic nitrogens is 2. The number of fused-ring (bicyclic) bond motifs is 1. The van der Waals surface area contributed by atoms with Gasteiger partial charge in [0.25, 0.3) is 5.91 Å². The van der Waals surface area contributed by atoms with Crippen molar-refractivity contribution in [3.8, 4) is 0 Å². The summed E-state index contributed by atoms with van der Waals surface area (Å²) in [6.45, 7) is 0. The third kappa shape index (κ3) is 4.53. The number of hydrogen-bond donors (Lipinski definition) is 3. The number of halogens is 2. The Morgan fingerprint density at radius 2 is 1.76 bits per heavy atom. The molecule has 3 N–H and O–H groups in total. The van der Waals surface area contributed by atoms with Gasteiger partial charge in [-0.15, -0.1) is 0 Å². The van der Waals surface area contributed by atoms with Gasteiger partial charge < -0.3 is 15.0 Å². The van der Waals surface area contributed by atoms with Gasteiger partial charge in [0.1, 0.15) is 0 Å². The van der Waals surface area contributed by atoms with Gasteiger partial charge in [0.05, 0.1) is 34.4 Å². The van der Waals surface area contributed by atoms with Crippen LogP contribution in [-0.4, -0.2) is 34.9 Å². The van der Waals surface area contributed by atoms with Gasteiger partial charge in [-0.05, 0) is 36.4 Å². The molecule has 2 amide bonds. The van der Waals surface area contributed by atoms with Crippen LogP contribution in [0.15, 0.2) is 60.7 Å². The molecule has 0 aliphatic rings. The lowest BCUT2D eigenvalue weighted by molar-refractivity contribution is 0.0996. The molecule has 0 aliphatic heterocycles. The second-order valence-electron chi connectivity index (χ2n) is 6.86. The molecular weight excluding hydrogens is 451 g/mol. The van der Waals surface area contributed by atoms with E-state index in [2.05, 4.69) is 25.3 Å². The molecule has 1 aromatic heterocycles. The van der Waals surface area contributed by atoms with E-state index in [0.29, 0.717) is 11.0 Å². The molecule has 1 heterocycles. The van der Waals surface area contributed by atoms with Gasteiger partial charge in [-0.2, -0.15) is 0 Å². The normalized spacial score (nSPS) is 10.6. The summed E-state index contributed by atoms with van der Waals surface area (Å²) in [5.41, 5.74) is 1.39. The number of rotatable bonds is 5. The van der Waals surface area contributed by atoms with Crippen LogP contribution in [0.3, 0.4) is 0 Å². The molecule has 8 nitrogen and oxygen atoms in total. The van der Waals surface area contributed by atoms with E-state index in [-0.39, 0.29) is 33.3 Å². The number of methoxy groups -OCH3 is 1. The van der Waals surface area contributed by atoms with Crippen molar-refractivity contribution in [1.29, 1.82) is 0 Å². The molecule has 33 heavy (non-hydrogen) atoms. The molecule has 0 fully saturated rings. The number of hydrogen-bond acceptors (Lipinski definition) is 5. The van der Waals surface area contributed by atoms with E-state index in [1.165, 1.54) is 37.4 Å². The lowest BCUT2D eigenvalue weighted by atomic mass is 9.97. The number of amides is 2. The van der Waals surface area contributed by atoms with E-state index in [0.717, 1.165) is 0 Å². The largest absolute Gasteiger partial charge is 0.453 e. The van der Waals surface area contributed by atoms with Crippen molar-refractivity contribution in [1.82, 2.24) is 9.97 Å². The van der Waals surface area contributed by atoms with E-state index in [9.17, 15) is 18.8 Å². The number of H-pyrrole nitrogens is 1. The number of anilines is 2. The molecular formula is C23H16ClFN4O4. The molecule has 0 atom stereocenters. The van der Waals surface area contributed by atoms with Gasteiger partial charge >= 0.3 is 6.09 Å². The highest BCUT2D eigenvalue weighted by Gasteiger charge is 2.20. The Balaban J connectivity index is 1.64. The molecule has 0 bridgehead atoms. The van der Waals surface area contributed by atoms with Crippen LogP contribution in [0, 0.1) is 5.82 Å². The van der Waals surface area contributed by atoms with E-state index in [1.54, 1.807) is 30.3 Å². The van der Waals surface area contributed by atoms with E-state index < -0.39 is 23.6 Å². The smallest absolute Gasteiger partial charge is 0.413 e. The van der Waals surface area contributed by atoms with Crippen LogP contribution in [0.1, 0.15) is 26.3 Å². The molecule has 0 saturated carbocycles. The first kappa shape index (κ1) is 22.0. The summed E-state index contributed by atoms with van der Waals surface area (Å²) < 4.78 is 18.7. The first-order chi connectivity index (χ1) is 15.9. The minimum Gasteiger partial charge on any atom is -0.453 e. The monoisotopic (exact) mass is 466 g/mol. The molecule has 0 aliphatic carbocycles. The summed E-state index contributed by atoms with van der Waals surface area (Å²) in [6, 6.07) is 15.1. The first-order valence-electron chi connectivity index (χ1n) is 9.61. The summed E-state index contributed by atoms with van der Waals surface area (Å²) in [6.07, 6.45) is -0.693. The molecule has 10 heteroatoms. The third-order valence-corrected chi connectivity index (χ3v) is 5.06. The molecule has 3 aromatic carbocycles. The predicted molar refractivity (Wildman–Crippen MR) is 121 cm³/mol.